The second-order valence-electron chi connectivity index (χ2n) is 6.69. The third-order valence-corrected chi connectivity index (χ3v) is 8.02. The molecule has 0 unspecified atom stereocenters. The molecule has 148 valence electrons. The highest BCUT2D eigenvalue weighted by Gasteiger charge is 2.35. The summed E-state index contributed by atoms with van der Waals surface area (Å²) in [6.45, 7) is 3.77. The number of hydrogen-bond acceptors (Lipinski definition) is 2. The van der Waals surface area contributed by atoms with Crippen molar-refractivity contribution in [1.82, 2.24) is 0 Å². The van der Waals surface area contributed by atoms with Crippen LogP contribution in [0.25, 0.3) is 6.08 Å². The van der Waals surface area contributed by atoms with E-state index in [0.29, 0.717) is 5.56 Å². The molecule has 30 heavy (non-hydrogen) atoms. The number of rotatable bonds is 6. The molecule has 0 bridgehead atoms. The zero-order valence-corrected chi connectivity index (χ0v) is 17.3. The molecule has 0 aromatic heterocycles. The van der Waals surface area contributed by atoms with Crippen molar-refractivity contribution < 1.29 is 8.98 Å². The molecule has 4 rings (SSSR count). The Bertz CT molecular complexity index is 1030. The van der Waals surface area contributed by atoms with Crippen LogP contribution in [0.2, 0.25) is 0 Å². The van der Waals surface area contributed by atoms with Crippen molar-refractivity contribution >= 4 is 22.4 Å². The summed E-state index contributed by atoms with van der Waals surface area (Å²) in [5.41, 5.74) is 1.47. The molecule has 0 saturated heterocycles. The van der Waals surface area contributed by atoms with Crippen molar-refractivity contribution in [2.75, 3.05) is 0 Å². The molecule has 0 fully saturated rings. The Morgan fingerprint density at radius 1 is 0.633 bits per heavy atom. The van der Waals surface area contributed by atoms with Crippen molar-refractivity contribution in [3.63, 3.8) is 0 Å². The van der Waals surface area contributed by atoms with Crippen LogP contribution >= 0.6 is 10.3 Å². The summed E-state index contributed by atoms with van der Waals surface area (Å²) in [5, 5.41) is 0. The Balaban J connectivity index is 1.90. The SMILES string of the molecule is C=Cc1ccc(C(=O)OS(c2ccccc2)(c2ccccc2)c2ccccc2)cc1. The maximum Gasteiger partial charge on any atom is 0.349 e. The average Bonchev–Trinajstić information content (AvgIpc) is 2.84. The van der Waals surface area contributed by atoms with Gasteiger partial charge < -0.3 is 4.18 Å². The van der Waals surface area contributed by atoms with E-state index in [1.54, 1.807) is 18.2 Å². The molecule has 3 heteroatoms. The van der Waals surface area contributed by atoms with E-state index in [-0.39, 0.29) is 5.97 Å². The standard InChI is InChI=1S/C27H22O2S/c1-2-22-18-20-23(21-19-22)27(28)29-30(24-12-6-3-7-13-24,25-14-8-4-9-15-25)26-16-10-5-11-17-26/h2-21H,1H2. The van der Waals surface area contributed by atoms with E-state index < -0.39 is 10.3 Å². The van der Waals surface area contributed by atoms with E-state index in [9.17, 15) is 4.79 Å². The maximum absolute atomic E-state index is 13.4. The molecule has 2 nitrogen and oxygen atoms in total. The molecular formula is C27H22O2S. The van der Waals surface area contributed by atoms with Crippen LogP contribution < -0.4 is 0 Å². The largest absolute Gasteiger partial charge is 0.398 e. The van der Waals surface area contributed by atoms with Gasteiger partial charge in [-0.1, -0.05) is 79.4 Å². The third-order valence-electron chi connectivity index (χ3n) is 4.81. The summed E-state index contributed by atoms with van der Waals surface area (Å²) in [5.74, 6) is -0.350. The van der Waals surface area contributed by atoms with Gasteiger partial charge in [0.05, 0.1) is 5.56 Å². The summed E-state index contributed by atoms with van der Waals surface area (Å²) in [6.07, 6.45) is 1.75. The van der Waals surface area contributed by atoms with Crippen LogP contribution in [0, 0.1) is 0 Å². The van der Waals surface area contributed by atoms with Crippen molar-refractivity contribution in [3.05, 3.63) is 133 Å². The molecule has 0 aliphatic rings. The molecule has 0 spiro atoms. The number of carbonyl (C=O) groups excluding carboxylic acids is 1. The quantitative estimate of drug-likeness (QED) is 0.331. The summed E-state index contributed by atoms with van der Waals surface area (Å²) in [7, 11) is -2.27. The van der Waals surface area contributed by atoms with Gasteiger partial charge in [0.2, 0.25) is 0 Å². The zero-order valence-electron chi connectivity index (χ0n) is 16.5. The second-order valence-corrected chi connectivity index (χ2v) is 9.39. The van der Waals surface area contributed by atoms with Gasteiger partial charge >= 0.3 is 5.97 Å². The first-order chi connectivity index (χ1) is 14.7. The fourth-order valence-corrected chi connectivity index (χ4v) is 6.36. The van der Waals surface area contributed by atoms with Gasteiger partial charge in [-0.25, -0.2) is 4.79 Å². The smallest absolute Gasteiger partial charge is 0.349 e. The predicted octanol–water partition coefficient (Wildman–Crippen LogP) is 7.38. The highest BCUT2D eigenvalue weighted by molar-refractivity contribution is 8.30. The minimum Gasteiger partial charge on any atom is -0.398 e. The lowest BCUT2D eigenvalue weighted by molar-refractivity contribution is 0.0757. The monoisotopic (exact) mass is 410 g/mol. The average molecular weight is 411 g/mol. The van der Waals surface area contributed by atoms with Crippen LogP contribution in [-0.2, 0) is 4.18 Å². The first kappa shape index (κ1) is 19.7. The zero-order chi connectivity index (χ0) is 20.8. The Kier molecular flexibility index (Phi) is 5.82. The molecule has 0 radical (unpaired) electrons. The molecule has 0 aliphatic heterocycles. The van der Waals surface area contributed by atoms with Crippen LogP contribution in [0.4, 0.5) is 0 Å². The number of carbonyl (C=O) groups is 1. The molecule has 0 heterocycles. The predicted molar refractivity (Wildman–Crippen MR) is 124 cm³/mol. The highest BCUT2D eigenvalue weighted by Crippen LogP contribution is 2.69. The lowest BCUT2D eigenvalue weighted by Crippen LogP contribution is -2.14. The molecule has 4 aromatic rings. The minimum atomic E-state index is -2.27. The summed E-state index contributed by atoms with van der Waals surface area (Å²) >= 11 is 0. The second kappa shape index (κ2) is 8.85. The van der Waals surface area contributed by atoms with Gasteiger partial charge in [0, 0.05) is 14.7 Å². The Morgan fingerprint density at radius 2 is 1.03 bits per heavy atom. The Hall–Kier alpha value is -3.56. The minimum absolute atomic E-state index is 0.350. The molecule has 0 saturated carbocycles. The summed E-state index contributed by atoms with van der Waals surface area (Å²) < 4.78 is 6.47. The van der Waals surface area contributed by atoms with Crippen LogP contribution in [0.1, 0.15) is 15.9 Å². The van der Waals surface area contributed by atoms with Gasteiger partial charge in [-0.3, -0.25) is 0 Å². The maximum atomic E-state index is 13.4. The van der Waals surface area contributed by atoms with Gasteiger partial charge in [0.25, 0.3) is 0 Å². The summed E-state index contributed by atoms with van der Waals surface area (Å²) in [4.78, 5) is 16.3. The molecule has 0 amide bonds. The van der Waals surface area contributed by atoms with E-state index in [1.165, 1.54) is 0 Å². The first-order valence-corrected chi connectivity index (χ1v) is 11.2. The van der Waals surface area contributed by atoms with Gasteiger partial charge in [-0.2, -0.15) is 0 Å². The normalized spacial score (nSPS) is 11.5. The van der Waals surface area contributed by atoms with Crippen LogP contribution in [0.5, 0.6) is 0 Å². The van der Waals surface area contributed by atoms with Gasteiger partial charge in [0.1, 0.15) is 0 Å². The molecule has 0 atom stereocenters. The lowest BCUT2D eigenvalue weighted by Gasteiger charge is -2.39. The summed E-state index contributed by atoms with van der Waals surface area (Å²) in [6, 6.07) is 37.3. The molecule has 0 N–H and O–H groups in total. The van der Waals surface area contributed by atoms with E-state index in [4.69, 9.17) is 4.18 Å². The Labute approximate surface area is 179 Å². The van der Waals surface area contributed by atoms with E-state index in [0.717, 1.165) is 20.2 Å². The van der Waals surface area contributed by atoms with Crippen molar-refractivity contribution in [2.45, 2.75) is 14.7 Å². The van der Waals surface area contributed by atoms with E-state index in [1.807, 2.05) is 103 Å². The number of benzene rings is 4. The lowest BCUT2D eigenvalue weighted by atomic mass is 10.1. The fourth-order valence-electron chi connectivity index (χ4n) is 3.31. The van der Waals surface area contributed by atoms with Crippen molar-refractivity contribution in [2.24, 2.45) is 0 Å². The fraction of sp³-hybridized carbons (Fsp3) is 0. The van der Waals surface area contributed by atoms with Crippen molar-refractivity contribution in [3.8, 4) is 0 Å². The van der Waals surface area contributed by atoms with Crippen molar-refractivity contribution in [1.29, 1.82) is 0 Å². The van der Waals surface area contributed by atoms with Gasteiger partial charge in [0.15, 0.2) is 0 Å². The molecule has 0 aliphatic carbocycles. The molecule has 4 aromatic carbocycles. The van der Waals surface area contributed by atoms with E-state index >= 15 is 0 Å². The van der Waals surface area contributed by atoms with E-state index in [2.05, 4.69) is 6.58 Å². The van der Waals surface area contributed by atoms with Crippen LogP contribution in [0.3, 0.4) is 0 Å². The Morgan fingerprint density at radius 3 is 1.40 bits per heavy atom. The first-order valence-electron chi connectivity index (χ1n) is 9.69. The van der Waals surface area contributed by atoms with Crippen LogP contribution in [-0.4, -0.2) is 5.97 Å². The highest BCUT2D eigenvalue weighted by atomic mass is 32.3. The van der Waals surface area contributed by atoms with Gasteiger partial charge in [-0.05, 0) is 64.4 Å². The van der Waals surface area contributed by atoms with Gasteiger partial charge in [-0.15, -0.1) is 0 Å². The van der Waals surface area contributed by atoms with Crippen LogP contribution in [0.15, 0.2) is 137 Å². The molecular weight excluding hydrogens is 388 g/mol. The third kappa shape index (κ3) is 3.80. The number of hydrogen-bond donors (Lipinski definition) is 0. The topological polar surface area (TPSA) is 26.3 Å².